The lowest BCUT2D eigenvalue weighted by Crippen LogP contribution is -2.29. The molecule has 0 aliphatic rings. The highest BCUT2D eigenvalue weighted by atomic mass is 16.4. The molecule has 1 rings (SSSR count). The van der Waals surface area contributed by atoms with Gasteiger partial charge in [0.15, 0.2) is 0 Å². The molecule has 0 saturated carbocycles. The molecule has 2 nitrogen and oxygen atoms in total. The molecule has 3 heteroatoms. The summed E-state index contributed by atoms with van der Waals surface area (Å²) in [5.41, 5.74) is 3.02. The number of allylic oxidation sites excluding steroid dienone is 3. The molecule has 0 bridgehead atoms. The van der Waals surface area contributed by atoms with E-state index in [1.165, 1.54) is 11.1 Å². The number of hydrogen-bond acceptors (Lipinski definition) is 2. The van der Waals surface area contributed by atoms with Crippen molar-refractivity contribution >= 4 is 12.6 Å². The normalized spacial score (nSPS) is 10.8. The van der Waals surface area contributed by atoms with Crippen LogP contribution in [-0.4, -0.2) is 17.2 Å². The minimum absolute atomic E-state index is 0.538. The van der Waals surface area contributed by atoms with Crippen LogP contribution < -0.4 is 5.46 Å². The fraction of sp³-hybridized carbons (Fsp3) is 0.333. The zero-order chi connectivity index (χ0) is 13.4. The summed E-state index contributed by atoms with van der Waals surface area (Å²) in [7, 11) is -1.38. The molecule has 2 N–H and O–H groups in total. The Morgan fingerprint density at radius 3 is 2.50 bits per heavy atom. The topological polar surface area (TPSA) is 40.5 Å². The van der Waals surface area contributed by atoms with Crippen molar-refractivity contribution in [3.8, 4) is 0 Å². The van der Waals surface area contributed by atoms with Crippen LogP contribution in [0, 0.1) is 0 Å². The molecule has 0 spiro atoms. The average Bonchev–Trinajstić information content (AvgIpc) is 2.37. The summed E-state index contributed by atoms with van der Waals surface area (Å²) in [6.07, 6.45) is 8.25. The van der Waals surface area contributed by atoms with Gasteiger partial charge in [-0.1, -0.05) is 48.6 Å². The first-order valence-corrected chi connectivity index (χ1v) is 6.36. The molecule has 0 aromatic heterocycles. The summed E-state index contributed by atoms with van der Waals surface area (Å²) < 4.78 is 0. The monoisotopic (exact) mass is 244 g/mol. The highest BCUT2D eigenvalue weighted by Crippen LogP contribution is 2.11. The van der Waals surface area contributed by atoms with E-state index in [0.29, 0.717) is 5.46 Å². The maximum absolute atomic E-state index is 8.98. The SMILES string of the molecule is C=C(C/C=C/C)CCCc1ccc(B(O)O)cc1. The highest BCUT2D eigenvalue weighted by molar-refractivity contribution is 6.58. The lowest BCUT2D eigenvalue weighted by molar-refractivity contribution is 0.426. The van der Waals surface area contributed by atoms with Gasteiger partial charge in [0, 0.05) is 0 Å². The summed E-state index contributed by atoms with van der Waals surface area (Å²) >= 11 is 0. The van der Waals surface area contributed by atoms with E-state index in [9.17, 15) is 0 Å². The quantitative estimate of drug-likeness (QED) is 0.570. The van der Waals surface area contributed by atoms with Crippen LogP contribution >= 0.6 is 0 Å². The van der Waals surface area contributed by atoms with Gasteiger partial charge in [-0.25, -0.2) is 0 Å². The van der Waals surface area contributed by atoms with Gasteiger partial charge in [0.05, 0.1) is 0 Å². The van der Waals surface area contributed by atoms with Gasteiger partial charge in [0.1, 0.15) is 0 Å². The van der Waals surface area contributed by atoms with Gasteiger partial charge in [0.25, 0.3) is 0 Å². The third-order valence-corrected chi connectivity index (χ3v) is 2.92. The Labute approximate surface area is 110 Å². The van der Waals surface area contributed by atoms with Gasteiger partial charge in [-0.05, 0) is 43.6 Å². The number of benzene rings is 1. The van der Waals surface area contributed by atoms with E-state index in [2.05, 4.69) is 12.7 Å². The first kappa shape index (κ1) is 14.7. The van der Waals surface area contributed by atoms with E-state index in [1.807, 2.05) is 25.1 Å². The highest BCUT2D eigenvalue weighted by Gasteiger charge is 2.09. The van der Waals surface area contributed by atoms with Gasteiger partial charge in [0.2, 0.25) is 0 Å². The third-order valence-electron chi connectivity index (χ3n) is 2.92. The molecular formula is C15H21BO2. The largest absolute Gasteiger partial charge is 0.488 e. The van der Waals surface area contributed by atoms with Crippen molar-refractivity contribution in [1.29, 1.82) is 0 Å². The maximum Gasteiger partial charge on any atom is 0.488 e. The average molecular weight is 244 g/mol. The predicted octanol–water partition coefficient (Wildman–Crippen LogP) is 2.21. The Hall–Kier alpha value is -1.32. The van der Waals surface area contributed by atoms with Gasteiger partial charge in [-0.2, -0.15) is 0 Å². The Morgan fingerprint density at radius 2 is 1.94 bits per heavy atom. The molecule has 0 aliphatic carbocycles. The van der Waals surface area contributed by atoms with E-state index in [1.54, 1.807) is 12.1 Å². The molecule has 0 fully saturated rings. The van der Waals surface area contributed by atoms with Gasteiger partial charge < -0.3 is 10.0 Å². The molecule has 0 unspecified atom stereocenters. The summed E-state index contributed by atoms with van der Waals surface area (Å²) in [5, 5.41) is 18.0. The predicted molar refractivity (Wildman–Crippen MR) is 77.8 cm³/mol. The van der Waals surface area contributed by atoms with E-state index in [4.69, 9.17) is 10.0 Å². The Kier molecular flexibility index (Phi) is 6.48. The van der Waals surface area contributed by atoms with Gasteiger partial charge >= 0.3 is 7.12 Å². The molecule has 1 aromatic rings. The van der Waals surface area contributed by atoms with Crippen molar-refractivity contribution < 1.29 is 10.0 Å². The van der Waals surface area contributed by atoms with Crippen LogP contribution in [0.4, 0.5) is 0 Å². The Bertz CT molecular complexity index is 393. The van der Waals surface area contributed by atoms with Crippen LogP contribution in [0.1, 0.15) is 31.7 Å². The van der Waals surface area contributed by atoms with Gasteiger partial charge in [-0.15, -0.1) is 0 Å². The summed E-state index contributed by atoms with van der Waals surface area (Å²) in [6, 6.07) is 7.41. The van der Waals surface area contributed by atoms with E-state index >= 15 is 0 Å². The number of rotatable bonds is 7. The van der Waals surface area contributed by atoms with Crippen LogP contribution in [0.25, 0.3) is 0 Å². The molecular weight excluding hydrogens is 223 g/mol. The molecule has 0 atom stereocenters. The van der Waals surface area contributed by atoms with Crippen molar-refractivity contribution in [3.63, 3.8) is 0 Å². The van der Waals surface area contributed by atoms with E-state index in [-0.39, 0.29) is 0 Å². The first-order chi connectivity index (χ1) is 8.63. The summed E-state index contributed by atoms with van der Waals surface area (Å²) in [5.74, 6) is 0. The van der Waals surface area contributed by atoms with E-state index < -0.39 is 7.12 Å². The second kappa shape index (κ2) is 7.91. The number of aryl methyl sites for hydroxylation is 1. The Balaban J connectivity index is 2.33. The molecule has 0 saturated heterocycles. The van der Waals surface area contributed by atoms with E-state index in [0.717, 1.165) is 25.7 Å². The van der Waals surface area contributed by atoms with Crippen LogP contribution in [0.3, 0.4) is 0 Å². The smallest absolute Gasteiger partial charge is 0.423 e. The molecule has 0 heterocycles. The minimum Gasteiger partial charge on any atom is -0.423 e. The van der Waals surface area contributed by atoms with Gasteiger partial charge in [-0.3, -0.25) is 0 Å². The maximum atomic E-state index is 8.98. The fourth-order valence-corrected chi connectivity index (χ4v) is 1.79. The lowest BCUT2D eigenvalue weighted by Gasteiger charge is -2.05. The molecule has 18 heavy (non-hydrogen) atoms. The third kappa shape index (κ3) is 5.34. The summed E-state index contributed by atoms with van der Waals surface area (Å²) in [6.45, 7) is 6.06. The standard InChI is InChI=1S/C15H21BO2/c1-3-4-6-13(2)7-5-8-14-9-11-15(12-10-14)16(17)18/h3-4,9-12,17-18H,2,5-8H2,1H3/b4-3+. The van der Waals surface area contributed by atoms with Crippen LogP contribution in [0.5, 0.6) is 0 Å². The molecule has 96 valence electrons. The molecule has 0 radical (unpaired) electrons. The van der Waals surface area contributed by atoms with Crippen molar-refractivity contribution in [1.82, 2.24) is 0 Å². The zero-order valence-corrected chi connectivity index (χ0v) is 11.0. The second-order valence-corrected chi connectivity index (χ2v) is 4.49. The lowest BCUT2D eigenvalue weighted by atomic mass is 9.80. The molecule has 1 aromatic carbocycles. The minimum atomic E-state index is -1.38. The van der Waals surface area contributed by atoms with Crippen LogP contribution in [0.2, 0.25) is 0 Å². The van der Waals surface area contributed by atoms with Crippen LogP contribution in [-0.2, 0) is 6.42 Å². The molecule has 0 aliphatic heterocycles. The zero-order valence-electron chi connectivity index (χ0n) is 11.0. The first-order valence-electron chi connectivity index (χ1n) is 6.36. The molecule has 0 amide bonds. The summed E-state index contributed by atoms with van der Waals surface area (Å²) in [4.78, 5) is 0. The van der Waals surface area contributed by atoms with Crippen molar-refractivity contribution in [2.24, 2.45) is 0 Å². The Morgan fingerprint density at radius 1 is 1.28 bits per heavy atom. The number of hydrogen-bond donors (Lipinski definition) is 2. The van der Waals surface area contributed by atoms with Crippen molar-refractivity contribution in [2.45, 2.75) is 32.6 Å². The van der Waals surface area contributed by atoms with Crippen LogP contribution in [0.15, 0.2) is 48.6 Å². The second-order valence-electron chi connectivity index (χ2n) is 4.49. The van der Waals surface area contributed by atoms with Crippen molar-refractivity contribution in [3.05, 3.63) is 54.1 Å². The fourth-order valence-electron chi connectivity index (χ4n) is 1.79. The van der Waals surface area contributed by atoms with Crippen molar-refractivity contribution in [2.75, 3.05) is 0 Å².